The second-order valence-corrected chi connectivity index (χ2v) is 7.48. The van der Waals surface area contributed by atoms with Crippen molar-refractivity contribution in [2.24, 2.45) is 0 Å². The van der Waals surface area contributed by atoms with Gasteiger partial charge >= 0.3 is 5.97 Å². The summed E-state index contributed by atoms with van der Waals surface area (Å²) < 4.78 is 44.2. The number of rotatable bonds is 8. The SMILES string of the molecule is C=CCNS(=O)(=O)c1ccc(C(=O)O[C@H](C)C(=O)Nc2ccc(F)cc2)cc1. The molecule has 0 saturated heterocycles. The first-order chi connectivity index (χ1) is 13.2. The number of sulfonamides is 1. The van der Waals surface area contributed by atoms with Crippen molar-refractivity contribution in [2.75, 3.05) is 11.9 Å². The second kappa shape index (κ2) is 9.25. The summed E-state index contributed by atoms with van der Waals surface area (Å²) in [6.07, 6.45) is 0.289. The molecule has 0 aliphatic heterocycles. The molecule has 1 amide bonds. The van der Waals surface area contributed by atoms with E-state index in [0.29, 0.717) is 5.69 Å². The van der Waals surface area contributed by atoms with Gasteiger partial charge in [0, 0.05) is 12.2 Å². The zero-order chi connectivity index (χ0) is 20.7. The molecule has 0 aliphatic rings. The number of carbonyl (C=O) groups is 2. The molecule has 0 radical (unpaired) electrons. The van der Waals surface area contributed by atoms with Crippen LogP contribution < -0.4 is 10.0 Å². The number of carbonyl (C=O) groups excluding carboxylic acids is 2. The van der Waals surface area contributed by atoms with Gasteiger partial charge in [-0.1, -0.05) is 6.08 Å². The Balaban J connectivity index is 1.98. The Morgan fingerprint density at radius 1 is 1.14 bits per heavy atom. The molecule has 0 fully saturated rings. The highest BCUT2D eigenvalue weighted by Gasteiger charge is 2.20. The Bertz CT molecular complexity index is 957. The van der Waals surface area contributed by atoms with E-state index >= 15 is 0 Å². The lowest BCUT2D eigenvalue weighted by molar-refractivity contribution is -0.123. The van der Waals surface area contributed by atoms with E-state index in [4.69, 9.17) is 4.74 Å². The molecule has 9 heteroatoms. The van der Waals surface area contributed by atoms with Gasteiger partial charge < -0.3 is 10.1 Å². The van der Waals surface area contributed by atoms with Gasteiger partial charge in [-0.25, -0.2) is 22.3 Å². The maximum Gasteiger partial charge on any atom is 0.338 e. The smallest absolute Gasteiger partial charge is 0.338 e. The average molecular weight is 406 g/mol. The van der Waals surface area contributed by atoms with E-state index in [1.54, 1.807) is 0 Å². The number of esters is 1. The number of amides is 1. The normalized spacial score (nSPS) is 12.1. The van der Waals surface area contributed by atoms with Crippen molar-refractivity contribution in [2.45, 2.75) is 17.9 Å². The monoisotopic (exact) mass is 406 g/mol. The fraction of sp³-hybridized carbons (Fsp3) is 0.158. The third-order valence-corrected chi connectivity index (χ3v) is 5.02. The van der Waals surface area contributed by atoms with Crippen molar-refractivity contribution in [3.8, 4) is 0 Å². The van der Waals surface area contributed by atoms with Gasteiger partial charge in [0.25, 0.3) is 5.91 Å². The molecule has 0 spiro atoms. The van der Waals surface area contributed by atoms with Crippen LogP contribution >= 0.6 is 0 Å². The van der Waals surface area contributed by atoms with E-state index in [1.165, 1.54) is 61.5 Å². The van der Waals surface area contributed by atoms with E-state index in [2.05, 4.69) is 16.6 Å². The molecule has 148 valence electrons. The molecule has 2 rings (SSSR count). The molecule has 1 atom stereocenters. The Kier molecular flexibility index (Phi) is 7.02. The maximum absolute atomic E-state index is 12.9. The first kappa shape index (κ1) is 21.3. The summed E-state index contributed by atoms with van der Waals surface area (Å²) in [4.78, 5) is 24.2. The summed E-state index contributed by atoms with van der Waals surface area (Å²) in [7, 11) is -3.70. The van der Waals surface area contributed by atoms with E-state index in [9.17, 15) is 22.4 Å². The first-order valence-electron chi connectivity index (χ1n) is 8.21. The molecule has 2 aromatic rings. The van der Waals surface area contributed by atoms with Gasteiger partial charge in [0.05, 0.1) is 10.5 Å². The fourth-order valence-corrected chi connectivity index (χ4v) is 3.08. The summed E-state index contributed by atoms with van der Waals surface area (Å²) in [6.45, 7) is 4.89. The van der Waals surface area contributed by atoms with Gasteiger partial charge in [0.2, 0.25) is 10.0 Å². The largest absolute Gasteiger partial charge is 0.449 e. The van der Waals surface area contributed by atoms with Crippen LogP contribution in [0.4, 0.5) is 10.1 Å². The molecule has 2 aromatic carbocycles. The summed E-state index contributed by atoms with van der Waals surface area (Å²) in [5.74, 6) is -1.82. The van der Waals surface area contributed by atoms with Crippen LogP contribution in [0.3, 0.4) is 0 Å². The van der Waals surface area contributed by atoms with Crippen LogP contribution in [0.15, 0.2) is 66.1 Å². The van der Waals surface area contributed by atoms with Crippen LogP contribution in [0.25, 0.3) is 0 Å². The lowest BCUT2D eigenvalue weighted by Gasteiger charge is -2.14. The summed E-state index contributed by atoms with van der Waals surface area (Å²) in [5, 5.41) is 2.50. The minimum atomic E-state index is -3.70. The number of hydrogen-bond acceptors (Lipinski definition) is 5. The van der Waals surface area contributed by atoms with Crippen molar-refractivity contribution in [1.29, 1.82) is 0 Å². The summed E-state index contributed by atoms with van der Waals surface area (Å²) in [5.41, 5.74) is 0.444. The first-order valence-corrected chi connectivity index (χ1v) is 9.69. The van der Waals surface area contributed by atoms with Crippen LogP contribution in [0, 0.1) is 5.82 Å². The highest BCUT2D eigenvalue weighted by molar-refractivity contribution is 7.89. The molecular weight excluding hydrogens is 387 g/mol. The molecule has 0 bridgehead atoms. The van der Waals surface area contributed by atoms with E-state index in [1.807, 2.05) is 0 Å². The Hall–Kier alpha value is -3.04. The molecule has 7 nitrogen and oxygen atoms in total. The summed E-state index contributed by atoms with van der Waals surface area (Å²) >= 11 is 0. The van der Waals surface area contributed by atoms with Crippen molar-refractivity contribution in [3.63, 3.8) is 0 Å². The lowest BCUT2D eigenvalue weighted by Crippen LogP contribution is -2.30. The lowest BCUT2D eigenvalue weighted by atomic mass is 10.2. The van der Waals surface area contributed by atoms with Gasteiger partial charge in [-0.3, -0.25) is 4.79 Å². The highest BCUT2D eigenvalue weighted by atomic mass is 32.2. The predicted octanol–water partition coefficient (Wildman–Crippen LogP) is 2.47. The number of hydrogen-bond donors (Lipinski definition) is 2. The van der Waals surface area contributed by atoms with Crippen LogP contribution in [-0.2, 0) is 19.6 Å². The fourth-order valence-electron chi connectivity index (χ4n) is 2.08. The van der Waals surface area contributed by atoms with Crippen molar-refractivity contribution in [3.05, 3.63) is 72.6 Å². The zero-order valence-corrected chi connectivity index (χ0v) is 15.8. The van der Waals surface area contributed by atoms with Gasteiger partial charge in [-0.15, -0.1) is 6.58 Å². The molecule has 0 aliphatic carbocycles. The second-order valence-electron chi connectivity index (χ2n) is 5.71. The standard InChI is InChI=1S/C19H19FN2O5S/c1-3-12-21-28(25,26)17-10-4-14(5-11-17)19(24)27-13(2)18(23)22-16-8-6-15(20)7-9-16/h3-11,13,21H,1,12H2,2H3,(H,22,23)/t13-/m1/s1. The van der Waals surface area contributed by atoms with Gasteiger partial charge in [0.15, 0.2) is 6.10 Å². The van der Waals surface area contributed by atoms with E-state index in [0.717, 1.165) is 0 Å². The third kappa shape index (κ3) is 5.73. The van der Waals surface area contributed by atoms with Crippen molar-refractivity contribution in [1.82, 2.24) is 4.72 Å². The van der Waals surface area contributed by atoms with E-state index < -0.39 is 33.8 Å². The minimum Gasteiger partial charge on any atom is -0.449 e. The molecule has 2 N–H and O–H groups in total. The molecular formula is C19H19FN2O5S. The summed E-state index contributed by atoms with van der Waals surface area (Å²) in [6, 6.07) is 10.2. The Labute approximate surface area is 162 Å². The van der Waals surface area contributed by atoms with Crippen molar-refractivity contribution >= 4 is 27.6 Å². The van der Waals surface area contributed by atoms with Crippen LogP contribution in [0.5, 0.6) is 0 Å². The number of halogens is 1. The highest BCUT2D eigenvalue weighted by Crippen LogP contribution is 2.13. The number of anilines is 1. The topological polar surface area (TPSA) is 102 Å². The van der Waals surface area contributed by atoms with Crippen LogP contribution in [-0.4, -0.2) is 32.9 Å². The van der Waals surface area contributed by atoms with Crippen LogP contribution in [0.1, 0.15) is 17.3 Å². The number of benzene rings is 2. The third-order valence-electron chi connectivity index (χ3n) is 3.58. The van der Waals surface area contributed by atoms with Crippen molar-refractivity contribution < 1.29 is 27.1 Å². The zero-order valence-electron chi connectivity index (χ0n) is 15.0. The predicted molar refractivity (Wildman–Crippen MR) is 102 cm³/mol. The average Bonchev–Trinajstić information content (AvgIpc) is 2.68. The number of nitrogens with one attached hydrogen (secondary N) is 2. The van der Waals surface area contributed by atoms with Gasteiger partial charge in [-0.05, 0) is 55.5 Å². The Morgan fingerprint density at radius 3 is 2.32 bits per heavy atom. The quantitative estimate of drug-likeness (QED) is 0.518. The molecule has 0 heterocycles. The van der Waals surface area contributed by atoms with Gasteiger partial charge in [0.1, 0.15) is 5.82 Å². The molecule has 0 unspecified atom stereocenters. The molecule has 28 heavy (non-hydrogen) atoms. The Morgan fingerprint density at radius 2 is 1.75 bits per heavy atom. The van der Waals surface area contributed by atoms with Crippen LogP contribution in [0.2, 0.25) is 0 Å². The number of ether oxygens (including phenoxy) is 1. The maximum atomic E-state index is 12.9. The van der Waals surface area contributed by atoms with Gasteiger partial charge in [-0.2, -0.15) is 0 Å². The minimum absolute atomic E-state index is 0.0204. The van der Waals surface area contributed by atoms with E-state index in [-0.39, 0.29) is 17.0 Å². The molecule has 0 aromatic heterocycles. The molecule has 0 saturated carbocycles.